The van der Waals surface area contributed by atoms with Gasteiger partial charge in [0.05, 0.1) is 17.5 Å². The highest BCUT2D eigenvalue weighted by molar-refractivity contribution is 5.83. The van der Waals surface area contributed by atoms with E-state index >= 15 is 0 Å². The summed E-state index contributed by atoms with van der Waals surface area (Å²) in [5, 5.41) is 0. The fourth-order valence-corrected chi connectivity index (χ4v) is 2.23. The zero-order chi connectivity index (χ0) is 10.2. The van der Waals surface area contributed by atoms with Crippen LogP contribution in [0.25, 0.3) is 0 Å². The molecule has 0 heterocycles. The lowest BCUT2D eigenvalue weighted by atomic mass is 10.1. The number of ether oxygens (including phenoxy) is 1. The van der Waals surface area contributed by atoms with E-state index in [1.165, 1.54) is 25.7 Å². The molecule has 14 heavy (non-hydrogen) atoms. The molecule has 0 spiro atoms. The van der Waals surface area contributed by atoms with Crippen molar-refractivity contribution in [2.24, 2.45) is 16.6 Å². The predicted molar refractivity (Wildman–Crippen MR) is 57.4 cm³/mol. The van der Waals surface area contributed by atoms with Gasteiger partial charge in [-0.25, -0.2) is 0 Å². The van der Waals surface area contributed by atoms with Crippen LogP contribution < -0.4 is 5.73 Å². The van der Waals surface area contributed by atoms with Gasteiger partial charge in [0, 0.05) is 19.4 Å². The minimum Gasteiger partial charge on any atom is -0.387 e. The summed E-state index contributed by atoms with van der Waals surface area (Å²) >= 11 is 0. The quantitative estimate of drug-likeness (QED) is 0.552. The summed E-state index contributed by atoms with van der Waals surface area (Å²) in [7, 11) is 1.75. The molecule has 0 aliphatic heterocycles. The number of rotatable bonds is 3. The zero-order valence-electron chi connectivity index (χ0n) is 9.12. The molecule has 0 aromatic heterocycles. The van der Waals surface area contributed by atoms with E-state index in [0.29, 0.717) is 12.0 Å². The van der Waals surface area contributed by atoms with Gasteiger partial charge in [-0.2, -0.15) is 0 Å². The Hall–Kier alpha value is -0.570. The van der Waals surface area contributed by atoms with Gasteiger partial charge >= 0.3 is 0 Å². The second-order valence-electron chi connectivity index (χ2n) is 4.77. The summed E-state index contributed by atoms with van der Waals surface area (Å²) in [6.45, 7) is 2.10. The van der Waals surface area contributed by atoms with Crippen LogP contribution in [0.4, 0.5) is 0 Å². The van der Waals surface area contributed by atoms with Gasteiger partial charge < -0.3 is 10.5 Å². The summed E-state index contributed by atoms with van der Waals surface area (Å²) in [6, 6.07) is 0.313. The lowest BCUT2D eigenvalue weighted by Gasteiger charge is -2.10. The van der Waals surface area contributed by atoms with Gasteiger partial charge in [-0.3, -0.25) is 4.99 Å². The van der Waals surface area contributed by atoms with Crippen molar-refractivity contribution in [1.29, 1.82) is 0 Å². The molecular formula is C11H20N2O. The minimum atomic E-state index is -0.0246. The summed E-state index contributed by atoms with van der Waals surface area (Å²) < 4.78 is 5.36. The number of amidine groups is 1. The SMILES string of the molecule is CO[C@@]1(C)C[C@H]1N=C(N)C1CCCC1. The van der Waals surface area contributed by atoms with Crippen molar-refractivity contribution in [3.05, 3.63) is 0 Å². The Bertz CT molecular complexity index is 246. The highest BCUT2D eigenvalue weighted by Gasteiger charge is 2.51. The molecule has 0 aromatic rings. The second-order valence-corrected chi connectivity index (χ2v) is 4.77. The molecule has 2 atom stereocenters. The maximum atomic E-state index is 5.99. The van der Waals surface area contributed by atoms with Gasteiger partial charge in [-0.1, -0.05) is 12.8 Å². The van der Waals surface area contributed by atoms with E-state index in [1.807, 2.05) is 0 Å². The summed E-state index contributed by atoms with van der Waals surface area (Å²) in [5.74, 6) is 1.42. The Morgan fingerprint density at radius 1 is 1.43 bits per heavy atom. The van der Waals surface area contributed by atoms with E-state index in [0.717, 1.165) is 12.3 Å². The molecule has 2 N–H and O–H groups in total. The molecule has 3 nitrogen and oxygen atoms in total. The Labute approximate surface area is 85.7 Å². The summed E-state index contributed by atoms with van der Waals surface area (Å²) in [4.78, 5) is 4.56. The largest absolute Gasteiger partial charge is 0.387 e. The van der Waals surface area contributed by atoms with E-state index in [2.05, 4.69) is 11.9 Å². The highest BCUT2D eigenvalue weighted by Crippen LogP contribution is 2.42. The maximum absolute atomic E-state index is 5.99. The average Bonchev–Trinajstić information content (AvgIpc) is 2.67. The Balaban J connectivity index is 1.92. The fourth-order valence-electron chi connectivity index (χ4n) is 2.23. The molecule has 2 aliphatic carbocycles. The lowest BCUT2D eigenvalue weighted by Crippen LogP contribution is -2.23. The smallest absolute Gasteiger partial charge is 0.0973 e. The lowest BCUT2D eigenvalue weighted by molar-refractivity contribution is 0.0919. The van der Waals surface area contributed by atoms with Crippen molar-refractivity contribution in [2.75, 3.05) is 7.11 Å². The van der Waals surface area contributed by atoms with Crippen molar-refractivity contribution < 1.29 is 4.74 Å². The van der Waals surface area contributed by atoms with Crippen LogP contribution in [0.15, 0.2) is 4.99 Å². The first kappa shape index (κ1) is 9.97. The Morgan fingerprint density at radius 2 is 2.07 bits per heavy atom. The molecule has 2 fully saturated rings. The molecule has 2 aliphatic rings. The minimum absolute atomic E-state index is 0.0246. The first-order chi connectivity index (χ1) is 6.65. The van der Waals surface area contributed by atoms with Crippen molar-refractivity contribution in [1.82, 2.24) is 0 Å². The van der Waals surface area contributed by atoms with Gasteiger partial charge in [0.15, 0.2) is 0 Å². The molecule has 0 radical (unpaired) electrons. The van der Waals surface area contributed by atoms with Crippen LogP contribution in [-0.4, -0.2) is 24.6 Å². The van der Waals surface area contributed by atoms with Crippen LogP contribution in [0.1, 0.15) is 39.0 Å². The normalized spacial score (nSPS) is 39.0. The van der Waals surface area contributed by atoms with Gasteiger partial charge in [-0.05, 0) is 19.8 Å². The first-order valence-corrected chi connectivity index (χ1v) is 5.54. The number of nitrogens with two attached hydrogens (primary N) is 1. The third-order valence-corrected chi connectivity index (χ3v) is 3.69. The number of nitrogens with zero attached hydrogens (tertiary/aromatic N) is 1. The number of hydrogen-bond donors (Lipinski definition) is 1. The van der Waals surface area contributed by atoms with Crippen molar-refractivity contribution in [3.8, 4) is 0 Å². The fraction of sp³-hybridized carbons (Fsp3) is 0.909. The van der Waals surface area contributed by atoms with Gasteiger partial charge in [0.25, 0.3) is 0 Å². The van der Waals surface area contributed by atoms with E-state index in [1.54, 1.807) is 7.11 Å². The molecule has 80 valence electrons. The Morgan fingerprint density at radius 3 is 2.57 bits per heavy atom. The highest BCUT2D eigenvalue weighted by atomic mass is 16.5. The number of hydrogen-bond acceptors (Lipinski definition) is 2. The molecule has 0 saturated heterocycles. The third-order valence-electron chi connectivity index (χ3n) is 3.69. The van der Waals surface area contributed by atoms with E-state index in [4.69, 9.17) is 10.5 Å². The molecule has 0 bridgehead atoms. The van der Waals surface area contributed by atoms with Crippen LogP contribution in [0, 0.1) is 5.92 Å². The molecule has 0 amide bonds. The molecule has 2 rings (SSSR count). The van der Waals surface area contributed by atoms with Crippen LogP contribution in [0.3, 0.4) is 0 Å². The van der Waals surface area contributed by atoms with Crippen molar-refractivity contribution >= 4 is 5.84 Å². The topological polar surface area (TPSA) is 47.6 Å². The molecule has 0 aromatic carbocycles. The van der Waals surface area contributed by atoms with Crippen LogP contribution >= 0.6 is 0 Å². The summed E-state index contributed by atoms with van der Waals surface area (Å²) in [5.41, 5.74) is 5.97. The van der Waals surface area contributed by atoms with Crippen LogP contribution in [0.2, 0.25) is 0 Å². The van der Waals surface area contributed by atoms with E-state index in [9.17, 15) is 0 Å². The average molecular weight is 196 g/mol. The van der Waals surface area contributed by atoms with Gasteiger partial charge in [-0.15, -0.1) is 0 Å². The number of aliphatic imine (C=N–C) groups is 1. The summed E-state index contributed by atoms with van der Waals surface area (Å²) in [6.07, 6.45) is 6.11. The monoisotopic (exact) mass is 196 g/mol. The van der Waals surface area contributed by atoms with Gasteiger partial charge in [0.1, 0.15) is 0 Å². The van der Waals surface area contributed by atoms with E-state index in [-0.39, 0.29) is 5.60 Å². The molecule has 0 unspecified atom stereocenters. The van der Waals surface area contributed by atoms with Crippen LogP contribution in [0.5, 0.6) is 0 Å². The Kier molecular flexibility index (Phi) is 2.52. The second kappa shape index (κ2) is 3.54. The number of methoxy groups -OCH3 is 1. The van der Waals surface area contributed by atoms with Crippen LogP contribution in [-0.2, 0) is 4.74 Å². The predicted octanol–water partition coefficient (Wildman–Crippen LogP) is 1.71. The van der Waals surface area contributed by atoms with Crippen molar-refractivity contribution in [2.45, 2.75) is 50.7 Å². The van der Waals surface area contributed by atoms with Gasteiger partial charge in [0.2, 0.25) is 0 Å². The third kappa shape index (κ3) is 1.78. The maximum Gasteiger partial charge on any atom is 0.0973 e. The molecule has 2 saturated carbocycles. The van der Waals surface area contributed by atoms with E-state index < -0.39 is 0 Å². The van der Waals surface area contributed by atoms with Crippen molar-refractivity contribution in [3.63, 3.8) is 0 Å². The molecular weight excluding hydrogens is 176 g/mol. The molecule has 3 heteroatoms. The first-order valence-electron chi connectivity index (χ1n) is 5.54. The zero-order valence-corrected chi connectivity index (χ0v) is 9.12. The standard InChI is InChI=1S/C11H20N2O/c1-11(14-2)7-9(11)13-10(12)8-5-3-4-6-8/h8-9H,3-7H2,1-2H3,(H2,12,13)/t9-,11+/m1/s1.